The lowest BCUT2D eigenvalue weighted by molar-refractivity contribution is -0.233. The molecule has 3 aliphatic rings. The minimum atomic E-state index is -4.41. The molecule has 1 aliphatic carbocycles. The molecule has 10 heteroatoms. The molecule has 0 bridgehead atoms. The first-order valence-corrected chi connectivity index (χ1v) is 11.8. The second-order valence-electron chi connectivity index (χ2n) is 11.4. The van der Waals surface area contributed by atoms with Gasteiger partial charge in [0.25, 0.3) is 0 Å². The molecule has 5 rings (SSSR count). The number of aryl methyl sites for hydroxylation is 2. The first kappa shape index (κ1) is 25.5. The summed E-state index contributed by atoms with van der Waals surface area (Å²) < 4.78 is 93.7. The van der Waals surface area contributed by atoms with Crippen molar-refractivity contribution in [1.29, 1.82) is 0 Å². The molecule has 0 saturated carbocycles. The van der Waals surface area contributed by atoms with Crippen molar-refractivity contribution in [2.45, 2.75) is 66.0 Å². The fourth-order valence-electron chi connectivity index (χ4n) is 4.63. The molecule has 36 heavy (non-hydrogen) atoms. The molecule has 198 valence electrons. The van der Waals surface area contributed by atoms with Crippen LogP contribution in [0.25, 0.3) is 11.1 Å². The summed E-state index contributed by atoms with van der Waals surface area (Å²) in [5.74, 6) is -8.40. The molecule has 2 fully saturated rings. The van der Waals surface area contributed by atoms with Gasteiger partial charge in [-0.25, -0.2) is 0 Å². The average molecular weight is 515 g/mol. The highest BCUT2D eigenvalue weighted by Crippen LogP contribution is 2.64. The second kappa shape index (κ2) is 8.18. The number of ether oxygens (including phenoxy) is 4. The summed E-state index contributed by atoms with van der Waals surface area (Å²) in [6, 6.07) is 2.59. The SMILES string of the molecule is Cc1oc(C2OCC(C)(C)CO2)cc1C1=C(c2cc(C3OCC(C)(C)CO3)oc2C)C(F)(F)C1(F)F. The smallest absolute Gasteiger partial charge is 0.340 e. The Kier molecular flexibility index (Phi) is 5.80. The molecular formula is C26H30F4O6. The van der Waals surface area contributed by atoms with Gasteiger partial charge in [0.15, 0.2) is 11.5 Å². The minimum Gasteiger partial charge on any atom is -0.460 e. The summed E-state index contributed by atoms with van der Waals surface area (Å²) >= 11 is 0. The standard InChI is InChI=1S/C26H30F4O6/c1-13-15(7-17(35-13)21-31-9-23(3,4)10-32-21)19-20(26(29,30)25(19,27)28)16-8-18(36-14(16)2)22-33-11-24(5,6)12-34-22/h7-8,21-22H,9-12H2,1-6H3. The monoisotopic (exact) mass is 514 g/mol. The molecular weight excluding hydrogens is 484 g/mol. The zero-order chi connectivity index (χ0) is 26.3. The lowest BCUT2D eigenvalue weighted by Gasteiger charge is -2.41. The number of rotatable bonds is 4. The predicted molar refractivity (Wildman–Crippen MR) is 120 cm³/mol. The van der Waals surface area contributed by atoms with Crippen LogP contribution in [0.4, 0.5) is 17.6 Å². The normalized spacial score (nSPS) is 25.7. The van der Waals surface area contributed by atoms with E-state index in [9.17, 15) is 17.6 Å². The highest BCUT2D eigenvalue weighted by molar-refractivity contribution is 6.06. The summed E-state index contributed by atoms with van der Waals surface area (Å²) in [6.45, 7) is 12.2. The van der Waals surface area contributed by atoms with Gasteiger partial charge in [-0.1, -0.05) is 27.7 Å². The number of furan rings is 2. The number of allylic oxidation sites excluding steroid dienone is 2. The van der Waals surface area contributed by atoms with Crippen LogP contribution in [-0.2, 0) is 18.9 Å². The Balaban J connectivity index is 1.52. The molecule has 4 heterocycles. The summed E-state index contributed by atoms with van der Waals surface area (Å²) in [7, 11) is 0. The maximum absolute atomic E-state index is 14.9. The Morgan fingerprint density at radius 3 is 1.22 bits per heavy atom. The third-order valence-electron chi connectivity index (χ3n) is 6.65. The molecule has 0 radical (unpaired) electrons. The minimum absolute atomic E-state index is 0.0623. The van der Waals surface area contributed by atoms with Crippen LogP contribution in [0.2, 0.25) is 0 Å². The Hall–Kier alpha value is -2.14. The maximum atomic E-state index is 14.9. The average Bonchev–Trinajstić information content (AvgIpc) is 3.33. The fourth-order valence-corrected chi connectivity index (χ4v) is 4.63. The number of alkyl halides is 4. The summed E-state index contributed by atoms with van der Waals surface area (Å²) in [4.78, 5) is 0. The van der Waals surface area contributed by atoms with E-state index in [0.717, 1.165) is 0 Å². The van der Waals surface area contributed by atoms with E-state index >= 15 is 0 Å². The third-order valence-corrected chi connectivity index (χ3v) is 6.65. The van der Waals surface area contributed by atoms with Gasteiger partial charge < -0.3 is 27.8 Å². The van der Waals surface area contributed by atoms with E-state index in [1.54, 1.807) is 0 Å². The molecule has 0 atom stereocenters. The molecule has 0 N–H and O–H groups in total. The molecule has 2 aromatic heterocycles. The van der Waals surface area contributed by atoms with Crippen molar-refractivity contribution in [3.05, 3.63) is 46.3 Å². The lowest BCUT2D eigenvalue weighted by atomic mass is 9.73. The molecule has 2 aromatic rings. The van der Waals surface area contributed by atoms with Crippen LogP contribution in [0.15, 0.2) is 21.0 Å². The van der Waals surface area contributed by atoms with Crippen LogP contribution in [0.3, 0.4) is 0 Å². The Bertz CT molecular complexity index is 1090. The molecule has 0 spiro atoms. The van der Waals surface area contributed by atoms with Crippen LogP contribution < -0.4 is 0 Å². The highest BCUT2D eigenvalue weighted by Gasteiger charge is 2.72. The van der Waals surface area contributed by atoms with Crippen molar-refractivity contribution in [3.8, 4) is 0 Å². The van der Waals surface area contributed by atoms with Crippen molar-refractivity contribution in [3.63, 3.8) is 0 Å². The molecule has 2 aliphatic heterocycles. The van der Waals surface area contributed by atoms with Crippen molar-refractivity contribution in [1.82, 2.24) is 0 Å². The van der Waals surface area contributed by atoms with Crippen molar-refractivity contribution in [2.75, 3.05) is 26.4 Å². The van der Waals surface area contributed by atoms with Crippen LogP contribution in [0, 0.1) is 24.7 Å². The van der Waals surface area contributed by atoms with Crippen LogP contribution in [0.1, 0.15) is 74.4 Å². The van der Waals surface area contributed by atoms with Crippen LogP contribution in [0.5, 0.6) is 0 Å². The molecule has 6 nitrogen and oxygen atoms in total. The predicted octanol–water partition coefficient (Wildman–Crippen LogP) is 6.83. The van der Waals surface area contributed by atoms with Gasteiger partial charge in [-0.05, 0) is 26.0 Å². The topological polar surface area (TPSA) is 63.2 Å². The van der Waals surface area contributed by atoms with Gasteiger partial charge in [-0.3, -0.25) is 0 Å². The van der Waals surface area contributed by atoms with Gasteiger partial charge in [0, 0.05) is 33.1 Å². The van der Waals surface area contributed by atoms with Gasteiger partial charge in [0.05, 0.1) is 26.4 Å². The number of halogens is 4. The number of hydrogen-bond donors (Lipinski definition) is 0. The van der Waals surface area contributed by atoms with E-state index in [1.165, 1.54) is 26.0 Å². The zero-order valence-electron chi connectivity index (χ0n) is 21.1. The molecule has 2 saturated heterocycles. The Morgan fingerprint density at radius 2 is 0.917 bits per heavy atom. The maximum Gasteiger partial charge on any atom is 0.340 e. The third kappa shape index (κ3) is 4.02. The van der Waals surface area contributed by atoms with E-state index < -0.39 is 35.6 Å². The summed E-state index contributed by atoms with van der Waals surface area (Å²) in [6.07, 6.45) is -1.81. The first-order valence-electron chi connectivity index (χ1n) is 11.8. The number of hydrogen-bond acceptors (Lipinski definition) is 6. The van der Waals surface area contributed by atoms with E-state index in [2.05, 4.69) is 0 Å². The van der Waals surface area contributed by atoms with Crippen molar-refractivity contribution in [2.24, 2.45) is 10.8 Å². The van der Waals surface area contributed by atoms with E-state index in [4.69, 9.17) is 27.8 Å². The zero-order valence-corrected chi connectivity index (χ0v) is 21.1. The van der Waals surface area contributed by atoms with Gasteiger partial charge in [0.2, 0.25) is 12.6 Å². The Morgan fingerprint density at radius 1 is 0.611 bits per heavy atom. The summed E-state index contributed by atoms with van der Waals surface area (Å²) in [5.41, 5.74) is -2.28. The lowest BCUT2D eigenvalue weighted by Crippen LogP contribution is -2.51. The van der Waals surface area contributed by atoms with E-state index in [0.29, 0.717) is 26.4 Å². The molecule has 0 unspecified atom stereocenters. The summed E-state index contributed by atoms with van der Waals surface area (Å²) in [5, 5.41) is 0. The molecule has 0 aromatic carbocycles. The van der Waals surface area contributed by atoms with E-state index in [-0.39, 0.29) is 45.0 Å². The van der Waals surface area contributed by atoms with Crippen LogP contribution >= 0.6 is 0 Å². The fraction of sp³-hybridized carbons (Fsp3) is 0.615. The molecule has 0 amide bonds. The Labute approximate surface area is 206 Å². The van der Waals surface area contributed by atoms with Crippen LogP contribution in [-0.4, -0.2) is 38.3 Å². The van der Waals surface area contributed by atoms with Gasteiger partial charge in [0.1, 0.15) is 11.5 Å². The quantitative estimate of drug-likeness (QED) is 0.417. The largest absolute Gasteiger partial charge is 0.460 e. The van der Waals surface area contributed by atoms with Gasteiger partial charge >= 0.3 is 11.8 Å². The van der Waals surface area contributed by atoms with E-state index in [1.807, 2.05) is 27.7 Å². The van der Waals surface area contributed by atoms with Gasteiger partial charge in [-0.2, -0.15) is 17.6 Å². The second-order valence-corrected chi connectivity index (χ2v) is 11.4. The van der Waals surface area contributed by atoms with Crippen molar-refractivity contribution >= 4 is 11.1 Å². The highest BCUT2D eigenvalue weighted by atomic mass is 19.3. The van der Waals surface area contributed by atoms with Gasteiger partial charge in [-0.15, -0.1) is 0 Å². The first-order chi connectivity index (χ1) is 16.6. The van der Waals surface area contributed by atoms with Crippen molar-refractivity contribution < 1.29 is 45.3 Å².